The summed E-state index contributed by atoms with van der Waals surface area (Å²) in [7, 11) is -3.99. The fourth-order valence-electron chi connectivity index (χ4n) is 4.15. The molecule has 0 unspecified atom stereocenters. The van der Waals surface area contributed by atoms with Crippen LogP contribution in [-0.2, 0) is 10.0 Å². The average molecular weight is 598 g/mol. The number of halogens is 1. The van der Waals surface area contributed by atoms with E-state index in [9.17, 15) is 18.0 Å². The van der Waals surface area contributed by atoms with Gasteiger partial charge in [0.15, 0.2) is 0 Å². The van der Waals surface area contributed by atoms with Gasteiger partial charge < -0.3 is 4.74 Å². The first-order valence-electron chi connectivity index (χ1n) is 12.7. The molecule has 0 bridgehead atoms. The maximum Gasteiger partial charge on any atom is 0.343 e. The van der Waals surface area contributed by atoms with Gasteiger partial charge in [-0.1, -0.05) is 71.8 Å². The molecule has 2 N–H and O–H groups in total. The topological polar surface area (TPSA) is 114 Å². The predicted molar refractivity (Wildman–Crippen MR) is 164 cm³/mol. The lowest BCUT2D eigenvalue weighted by Gasteiger charge is -2.12. The van der Waals surface area contributed by atoms with Gasteiger partial charge >= 0.3 is 5.97 Å². The molecule has 0 radical (unpaired) electrons. The highest BCUT2D eigenvalue weighted by Gasteiger charge is 2.19. The molecule has 0 aliphatic heterocycles. The van der Waals surface area contributed by atoms with Crippen LogP contribution in [0.1, 0.15) is 31.8 Å². The van der Waals surface area contributed by atoms with Gasteiger partial charge in [0.1, 0.15) is 5.75 Å². The number of anilines is 1. The van der Waals surface area contributed by atoms with Gasteiger partial charge in [-0.05, 0) is 72.3 Å². The third-order valence-corrected chi connectivity index (χ3v) is 7.95. The number of hydrogen-bond donors (Lipinski definition) is 2. The summed E-state index contributed by atoms with van der Waals surface area (Å²) < 4.78 is 34.0. The Balaban J connectivity index is 1.39. The first kappa shape index (κ1) is 28.5. The van der Waals surface area contributed by atoms with Crippen molar-refractivity contribution in [3.05, 3.63) is 136 Å². The zero-order valence-corrected chi connectivity index (χ0v) is 23.8. The summed E-state index contributed by atoms with van der Waals surface area (Å²) in [6, 6.07) is 29.8. The van der Waals surface area contributed by atoms with Crippen LogP contribution in [-0.4, -0.2) is 26.5 Å². The Morgan fingerprint density at radius 3 is 2.29 bits per heavy atom. The van der Waals surface area contributed by atoms with Crippen LogP contribution in [0.3, 0.4) is 0 Å². The van der Waals surface area contributed by atoms with Gasteiger partial charge in [-0.3, -0.25) is 9.52 Å². The molecule has 5 aromatic rings. The second-order valence-corrected chi connectivity index (χ2v) is 11.4. The minimum Gasteiger partial charge on any atom is -0.422 e. The minimum absolute atomic E-state index is 0.0104. The zero-order chi connectivity index (χ0) is 29.7. The molecule has 0 fully saturated rings. The summed E-state index contributed by atoms with van der Waals surface area (Å²) in [6.07, 6.45) is 1.39. The van der Waals surface area contributed by atoms with Crippen LogP contribution in [0, 0.1) is 6.92 Å². The van der Waals surface area contributed by atoms with Gasteiger partial charge in [0, 0.05) is 10.6 Å². The summed E-state index contributed by atoms with van der Waals surface area (Å²) in [5, 5.41) is 6.14. The molecule has 0 atom stereocenters. The van der Waals surface area contributed by atoms with E-state index in [4.69, 9.17) is 16.3 Å². The fourth-order valence-corrected chi connectivity index (χ4v) is 5.36. The normalized spacial score (nSPS) is 11.4. The highest BCUT2D eigenvalue weighted by molar-refractivity contribution is 7.92. The van der Waals surface area contributed by atoms with E-state index in [-0.39, 0.29) is 21.9 Å². The lowest BCUT2D eigenvalue weighted by atomic mass is 10.0. The van der Waals surface area contributed by atoms with Crippen LogP contribution in [0.15, 0.2) is 119 Å². The van der Waals surface area contributed by atoms with Crippen molar-refractivity contribution < 1.29 is 22.7 Å². The molecule has 0 aliphatic rings. The molecule has 5 rings (SSSR count). The molecule has 0 aromatic heterocycles. The summed E-state index contributed by atoms with van der Waals surface area (Å²) in [4.78, 5) is 25.9. The summed E-state index contributed by atoms with van der Waals surface area (Å²) in [5.41, 5.74) is 4.44. The fraction of sp³-hybridized carbons (Fsp3) is 0.0312. The molecule has 0 aliphatic carbocycles. The number of benzene rings is 5. The van der Waals surface area contributed by atoms with Crippen LogP contribution >= 0.6 is 11.6 Å². The monoisotopic (exact) mass is 597 g/mol. The first-order chi connectivity index (χ1) is 20.2. The quantitative estimate of drug-likeness (QED) is 0.0907. The zero-order valence-electron chi connectivity index (χ0n) is 22.2. The number of esters is 1. The number of hydrazone groups is 1. The van der Waals surface area contributed by atoms with Crippen molar-refractivity contribution >= 4 is 56.2 Å². The van der Waals surface area contributed by atoms with Crippen LogP contribution in [0.5, 0.6) is 5.75 Å². The Hall–Kier alpha value is -4.99. The number of carbonyl (C=O) groups excluding carboxylic acids is 2. The van der Waals surface area contributed by atoms with Crippen molar-refractivity contribution in [3.8, 4) is 5.75 Å². The largest absolute Gasteiger partial charge is 0.422 e. The molecule has 210 valence electrons. The molecule has 0 spiro atoms. The maximum absolute atomic E-state index is 13.1. The molecule has 42 heavy (non-hydrogen) atoms. The average Bonchev–Trinajstić information content (AvgIpc) is 2.98. The number of ether oxygens (including phenoxy) is 1. The number of carbonyl (C=O) groups is 2. The second-order valence-electron chi connectivity index (χ2n) is 9.26. The van der Waals surface area contributed by atoms with E-state index in [0.29, 0.717) is 16.1 Å². The van der Waals surface area contributed by atoms with E-state index < -0.39 is 21.9 Å². The standard InChI is InChI=1S/C32H24ClN3O5S/c1-21-10-12-23(13-11-21)32(38)41-30-19-14-22-6-2-3-7-26(22)28(30)20-34-35-31(37)27-8-4-5-9-29(27)36-42(39,40)25-17-15-24(33)16-18-25/h2-20,36H,1H3,(H,35,37)/b34-20+. The number of para-hydroxylation sites is 1. The van der Waals surface area contributed by atoms with Crippen molar-refractivity contribution in [2.45, 2.75) is 11.8 Å². The van der Waals surface area contributed by atoms with E-state index >= 15 is 0 Å². The number of sulfonamides is 1. The molecular formula is C32H24ClN3O5S. The molecule has 1 amide bonds. The molecule has 0 saturated carbocycles. The Labute approximate surface area is 247 Å². The van der Waals surface area contributed by atoms with Gasteiger partial charge in [-0.25, -0.2) is 18.6 Å². The number of nitrogens with zero attached hydrogens (tertiary/aromatic N) is 1. The summed E-state index contributed by atoms with van der Waals surface area (Å²) in [6.45, 7) is 1.92. The van der Waals surface area contributed by atoms with Crippen LogP contribution in [0.25, 0.3) is 10.8 Å². The number of nitrogens with one attached hydrogen (secondary N) is 2. The van der Waals surface area contributed by atoms with Gasteiger partial charge in [-0.2, -0.15) is 5.10 Å². The van der Waals surface area contributed by atoms with Gasteiger partial charge in [-0.15, -0.1) is 0 Å². The van der Waals surface area contributed by atoms with Gasteiger partial charge in [0.25, 0.3) is 15.9 Å². The SMILES string of the molecule is Cc1ccc(C(=O)Oc2ccc3ccccc3c2/C=N/NC(=O)c2ccccc2NS(=O)(=O)c2ccc(Cl)cc2)cc1. The third kappa shape index (κ3) is 6.49. The van der Waals surface area contributed by atoms with Gasteiger partial charge in [0.05, 0.1) is 27.9 Å². The van der Waals surface area contributed by atoms with E-state index in [0.717, 1.165) is 16.3 Å². The van der Waals surface area contributed by atoms with Crippen molar-refractivity contribution in [2.75, 3.05) is 4.72 Å². The van der Waals surface area contributed by atoms with E-state index in [1.165, 1.54) is 42.6 Å². The van der Waals surface area contributed by atoms with E-state index in [1.807, 2.05) is 49.4 Å². The van der Waals surface area contributed by atoms with Crippen molar-refractivity contribution in [2.24, 2.45) is 5.10 Å². The van der Waals surface area contributed by atoms with Crippen LogP contribution in [0.4, 0.5) is 5.69 Å². The van der Waals surface area contributed by atoms with E-state index in [1.54, 1.807) is 30.3 Å². The summed E-state index contributed by atoms with van der Waals surface area (Å²) in [5.74, 6) is -0.932. The Morgan fingerprint density at radius 2 is 1.52 bits per heavy atom. The number of rotatable bonds is 8. The van der Waals surface area contributed by atoms with Crippen LogP contribution in [0.2, 0.25) is 5.02 Å². The van der Waals surface area contributed by atoms with Crippen molar-refractivity contribution in [1.29, 1.82) is 0 Å². The second kappa shape index (κ2) is 12.3. The highest BCUT2D eigenvalue weighted by Crippen LogP contribution is 2.28. The Kier molecular flexibility index (Phi) is 8.33. The lowest BCUT2D eigenvalue weighted by molar-refractivity contribution is 0.0734. The van der Waals surface area contributed by atoms with Crippen molar-refractivity contribution in [1.82, 2.24) is 5.43 Å². The number of hydrogen-bond acceptors (Lipinski definition) is 6. The number of fused-ring (bicyclic) bond motifs is 1. The molecular weight excluding hydrogens is 574 g/mol. The lowest BCUT2D eigenvalue weighted by Crippen LogP contribution is -2.21. The highest BCUT2D eigenvalue weighted by atomic mass is 35.5. The smallest absolute Gasteiger partial charge is 0.343 e. The summed E-state index contributed by atoms with van der Waals surface area (Å²) >= 11 is 5.88. The molecule has 5 aromatic carbocycles. The predicted octanol–water partition coefficient (Wildman–Crippen LogP) is 6.59. The first-order valence-corrected chi connectivity index (χ1v) is 14.6. The van der Waals surface area contributed by atoms with Crippen molar-refractivity contribution in [3.63, 3.8) is 0 Å². The van der Waals surface area contributed by atoms with Gasteiger partial charge in [0.2, 0.25) is 0 Å². The minimum atomic E-state index is -3.99. The number of amides is 1. The molecule has 10 heteroatoms. The Bertz CT molecular complexity index is 1920. The molecule has 0 heterocycles. The molecule has 8 nitrogen and oxygen atoms in total. The Morgan fingerprint density at radius 1 is 0.833 bits per heavy atom. The van der Waals surface area contributed by atoms with E-state index in [2.05, 4.69) is 15.2 Å². The van der Waals surface area contributed by atoms with Crippen LogP contribution < -0.4 is 14.9 Å². The molecule has 0 saturated heterocycles. The number of aryl methyl sites for hydroxylation is 1. The maximum atomic E-state index is 13.1. The third-order valence-electron chi connectivity index (χ3n) is 6.32.